The van der Waals surface area contributed by atoms with Gasteiger partial charge in [0.1, 0.15) is 11.8 Å². The highest BCUT2D eigenvalue weighted by Crippen LogP contribution is 2.41. The van der Waals surface area contributed by atoms with Gasteiger partial charge < -0.3 is 19.3 Å². The van der Waals surface area contributed by atoms with Crippen LogP contribution in [0.4, 0.5) is 4.79 Å². The molecule has 0 fully saturated rings. The summed E-state index contributed by atoms with van der Waals surface area (Å²) in [7, 11) is 4.49. The van der Waals surface area contributed by atoms with Crippen LogP contribution in [0, 0.1) is 0 Å². The highest BCUT2D eigenvalue weighted by Gasteiger charge is 2.39. The highest BCUT2D eigenvalue weighted by molar-refractivity contribution is 6.05. The molecule has 1 unspecified atom stereocenters. The van der Waals surface area contributed by atoms with Gasteiger partial charge in [-0.2, -0.15) is 0 Å². The Labute approximate surface area is 150 Å². The molecule has 1 aliphatic heterocycles. The number of Topliss-reactive ketones (excluding diaryl/α,β-unsaturated/α-hetero) is 1. The number of carbonyl (C=O) groups excluding carboxylic acids is 1. The lowest BCUT2D eigenvalue weighted by molar-refractivity contribution is 0.0730. The third-order valence-corrected chi connectivity index (χ3v) is 4.48. The summed E-state index contributed by atoms with van der Waals surface area (Å²) in [5, 5.41) is 9.68. The maximum Gasteiger partial charge on any atom is 0.408 e. The summed E-state index contributed by atoms with van der Waals surface area (Å²) in [5.74, 6) is 1.15. The van der Waals surface area contributed by atoms with E-state index in [0.717, 1.165) is 4.90 Å². The Morgan fingerprint density at radius 2 is 1.73 bits per heavy atom. The van der Waals surface area contributed by atoms with E-state index in [2.05, 4.69) is 0 Å². The van der Waals surface area contributed by atoms with E-state index in [9.17, 15) is 14.7 Å². The molecule has 1 atom stereocenters. The summed E-state index contributed by atoms with van der Waals surface area (Å²) in [5.41, 5.74) is 1.52. The number of carbonyl (C=O) groups is 2. The van der Waals surface area contributed by atoms with Crippen LogP contribution in [-0.2, 0) is 6.54 Å². The van der Waals surface area contributed by atoms with E-state index in [1.54, 1.807) is 43.5 Å². The van der Waals surface area contributed by atoms with Crippen molar-refractivity contribution in [3.63, 3.8) is 0 Å². The zero-order chi connectivity index (χ0) is 18.8. The number of amides is 1. The Kier molecular flexibility index (Phi) is 4.71. The van der Waals surface area contributed by atoms with E-state index in [1.807, 2.05) is 0 Å². The van der Waals surface area contributed by atoms with Gasteiger partial charge in [-0.1, -0.05) is 12.1 Å². The van der Waals surface area contributed by atoms with Crippen molar-refractivity contribution in [3.05, 3.63) is 53.1 Å². The third kappa shape index (κ3) is 2.81. The topological polar surface area (TPSA) is 85.3 Å². The summed E-state index contributed by atoms with van der Waals surface area (Å²) in [6.07, 6.45) is -1.19. The van der Waals surface area contributed by atoms with Crippen LogP contribution in [0.3, 0.4) is 0 Å². The number of hydrogen-bond donors (Lipinski definition) is 1. The summed E-state index contributed by atoms with van der Waals surface area (Å²) in [4.78, 5) is 26.1. The van der Waals surface area contributed by atoms with E-state index in [0.29, 0.717) is 33.9 Å². The number of fused-ring (bicyclic) bond motifs is 1. The Bertz CT molecular complexity index is 846. The molecule has 2 aromatic carbocycles. The van der Waals surface area contributed by atoms with Gasteiger partial charge in [0, 0.05) is 11.1 Å². The molecular weight excluding hydrogens is 338 g/mol. The maximum absolute atomic E-state index is 13.1. The van der Waals surface area contributed by atoms with E-state index < -0.39 is 12.1 Å². The van der Waals surface area contributed by atoms with Crippen LogP contribution < -0.4 is 14.2 Å². The lowest BCUT2D eigenvalue weighted by atomic mass is 9.88. The number of carboxylic acid groups (broad SMARTS) is 1. The molecule has 1 heterocycles. The van der Waals surface area contributed by atoms with Crippen LogP contribution in [-0.4, -0.2) is 43.2 Å². The minimum absolute atomic E-state index is 0.0213. The zero-order valence-electron chi connectivity index (χ0n) is 14.7. The van der Waals surface area contributed by atoms with Crippen molar-refractivity contribution < 1.29 is 28.9 Å². The van der Waals surface area contributed by atoms with Gasteiger partial charge in [0.05, 0.1) is 27.9 Å². The monoisotopic (exact) mass is 357 g/mol. The standard InChI is InChI=1S/C19H19NO6/c1-24-12-6-4-11(5-7-12)16-17(21)13-8-9-15(25-2)18(26-3)14(13)10-20(16)19(22)23/h4-9,16H,10H2,1-3H3,(H,22,23). The second kappa shape index (κ2) is 6.95. The van der Waals surface area contributed by atoms with E-state index in [-0.39, 0.29) is 12.3 Å². The minimum atomic E-state index is -1.19. The number of ether oxygens (including phenoxy) is 3. The van der Waals surface area contributed by atoms with Gasteiger partial charge >= 0.3 is 6.09 Å². The first-order chi connectivity index (χ1) is 12.5. The number of benzene rings is 2. The Morgan fingerprint density at radius 1 is 1.04 bits per heavy atom. The van der Waals surface area contributed by atoms with Gasteiger partial charge in [0.25, 0.3) is 0 Å². The molecule has 136 valence electrons. The first kappa shape index (κ1) is 17.6. The van der Waals surface area contributed by atoms with Crippen LogP contribution in [0.5, 0.6) is 17.2 Å². The number of hydrogen-bond acceptors (Lipinski definition) is 5. The van der Waals surface area contributed by atoms with Gasteiger partial charge in [-0.25, -0.2) is 4.79 Å². The average molecular weight is 357 g/mol. The predicted molar refractivity (Wildman–Crippen MR) is 93.2 cm³/mol. The van der Waals surface area contributed by atoms with Crippen molar-refractivity contribution in [2.45, 2.75) is 12.6 Å². The molecule has 0 saturated heterocycles. The van der Waals surface area contributed by atoms with Gasteiger partial charge in [0.15, 0.2) is 17.3 Å². The van der Waals surface area contributed by atoms with Crippen molar-refractivity contribution in [3.8, 4) is 17.2 Å². The SMILES string of the molecule is COc1ccc(C2C(=O)c3ccc(OC)c(OC)c3CN2C(=O)O)cc1. The fraction of sp³-hybridized carbons (Fsp3) is 0.263. The summed E-state index contributed by atoms with van der Waals surface area (Å²) >= 11 is 0. The maximum atomic E-state index is 13.1. The van der Waals surface area contributed by atoms with Gasteiger partial charge in [-0.05, 0) is 29.8 Å². The van der Waals surface area contributed by atoms with Gasteiger partial charge in [-0.3, -0.25) is 9.69 Å². The fourth-order valence-electron chi connectivity index (χ4n) is 3.22. The molecule has 0 spiro atoms. The molecule has 1 amide bonds. The molecule has 1 N–H and O–H groups in total. The van der Waals surface area contributed by atoms with Crippen molar-refractivity contribution >= 4 is 11.9 Å². The number of ketones is 1. The second-order valence-corrected chi connectivity index (χ2v) is 5.78. The third-order valence-electron chi connectivity index (χ3n) is 4.48. The molecule has 0 radical (unpaired) electrons. The molecular formula is C19H19NO6. The molecule has 1 aliphatic rings. The predicted octanol–water partition coefficient (Wildman–Crippen LogP) is 3.13. The van der Waals surface area contributed by atoms with Crippen LogP contribution in [0.1, 0.15) is 27.5 Å². The number of nitrogens with zero attached hydrogens (tertiary/aromatic N) is 1. The lowest BCUT2D eigenvalue weighted by Crippen LogP contribution is -2.42. The zero-order valence-corrected chi connectivity index (χ0v) is 14.7. The Balaban J connectivity index is 2.12. The normalized spacial score (nSPS) is 16.0. The molecule has 0 aliphatic carbocycles. The minimum Gasteiger partial charge on any atom is -0.497 e. The van der Waals surface area contributed by atoms with Crippen molar-refractivity contribution in [2.24, 2.45) is 0 Å². The Hall–Kier alpha value is -3.22. The van der Waals surface area contributed by atoms with Crippen molar-refractivity contribution in [1.29, 1.82) is 0 Å². The van der Waals surface area contributed by atoms with E-state index >= 15 is 0 Å². The Morgan fingerprint density at radius 3 is 2.27 bits per heavy atom. The quantitative estimate of drug-likeness (QED) is 0.905. The average Bonchev–Trinajstić information content (AvgIpc) is 2.66. The molecule has 7 heteroatoms. The molecule has 0 saturated carbocycles. The second-order valence-electron chi connectivity index (χ2n) is 5.78. The first-order valence-electron chi connectivity index (χ1n) is 7.93. The van der Waals surface area contributed by atoms with Gasteiger partial charge in [0.2, 0.25) is 0 Å². The first-order valence-corrected chi connectivity index (χ1v) is 7.93. The summed E-state index contributed by atoms with van der Waals surface area (Å²) in [6.45, 7) is 0.0213. The molecule has 2 aromatic rings. The molecule has 3 rings (SSSR count). The summed E-state index contributed by atoms with van der Waals surface area (Å²) < 4.78 is 15.7. The van der Waals surface area contributed by atoms with Crippen LogP contribution in [0.25, 0.3) is 0 Å². The summed E-state index contributed by atoms with van der Waals surface area (Å²) in [6, 6.07) is 9.17. The largest absolute Gasteiger partial charge is 0.497 e. The fourth-order valence-corrected chi connectivity index (χ4v) is 3.22. The molecule has 0 aromatic heterocycles. The van der Waals surface area contributed by atoms with Crippen LogP contribution in [0.15, 0.2) is 36.4 Å². The van der Waals surface area contributed by atoms with Gasteiger partial charge in [-0.15, -0.1) is 0 Å². The number of methoxy groups -OCH3 is 3. The van der Waals surface area contributed by atoms with Crippen molar-refractivity contribution in [2.75, 3.05) is 21.3 Å². The molecule has 7 nitrogen and oxygen atoms in total. The smallest absolute Gasteiger partial charge is 0.408 e. The van der Waals surface area contributed by atoms with Crippen molar-refractivity contribution in [1.82, 2.24) is 4.90 Å². The number of rotatable bonds is 4. The molecule has 0 bridgehead atoms. The lowest BCUT2D eigenvalue weighted by Gasteiger charge is -2.34. The molecule has 26 heavy (non-hydrogen) atoms. The van der Waals surface area contributed by atoms with Crippen LogP contribution >= 0.6 is 0 Å². The van der Waals surface area contributed by atoms with E-state index in [1.165, 1.54) is 14.2 Å². The van der Waals surface area contributed by atoms with Crippen LogP contribution in [0.2, 0.25) is 0 Å². The highest BCUT2D eigenvalue weighted by atomic mass is 16.5. The van der Waals surface area contributed by atoms with E-state index in [4.69, 9.17) is 14.2 Å².